The number of nitrogens with zero attached hydrogens (tertiary/aromatic N) is 2. The Kier molecular flexibility index (Phi) is 7.74. The Labute approximate surface area is 208 Å². The maximum absolute atomic E-state index is 12.7. The number of carbonyl (C=O) groups excluding carboxylic acids is 1. The number of hydrogen-bond acceptors (Lipinski definition) is 6. The Morgan fingerprint density at radius 3 is 2.37 bits per heavy atom. The SMILES string of the molecule is CCCS(=O)(=O)c1cccc(-c2cc(-c3c(C)nn(C)c3C)ccc2OCC(=O)OC(C)(C)C)c1. The van der Waals surface area contributed by atoms with Gasteiger partial charge in [0.05, 0.1) is 16.3 Å². The minimum Gasteiger partial charge on any atom is -0.481 e. The molecule has 0 radical (unpaired) electrons. The topological polar surface area (TPSA) is 87.5 Å². The molecule has 0 saturated carbocycles. The van der Waals surface area contributed by atoms with Crippen LogP contribution in [0.25, 0.3) is 22.3 Å². The van der Waals surface area contributed by atoms with Crippen molar-refractivity contribution >= 4 is 15.8 Å². The first-order valence-corrected chi connectivity index (χ1v) is 13.3. The lowest BCUT2D eigenvalue weighted by Gasteiger charge is -2.20. The molecule has 2 aromatic carbocycles. The average molecular weight is 499 g/mol. The summed E-state index contributed by atoms with van der Waals surface area (Å²) >= 11 is 0. The minimum absolute atomic E-state index is 0.0760. The number of aryl methyl sites for hydroxylation is 2. The van der Waals surface area contributed by atoms with Crippen LogP contribution in [-0.2, 0) is 26.4 Å². The minimum atomic E-state index is -3.40. The molecular weight excluding hydrogens is 464 g/mol. The molecule has 0 unspecified atom stereocenters. The van der Waals surface area contributed by atoms with Crippen LogP contribution in [0, 0.1) is 13.8 Å². The molecule has 35 heavy (non-hydrogen) atoms. The molecule has 188 valence electrons. The summed E-state index contributed by atoms with van der Waals surface area (Å²) in [6, 6.07) is 12.5. The van der Waals surface area contributed by atoms with E-state index in [1.54, 1.807) is 45.0 Å². The van der Waals surface area contributed by atoms with Crippen LogP contribution in [-0.4, -0.2) is 42.1 Å². The summed E-state index contributed by atoms with van der Waals surface area (Å²) in [5.41, 5.74) is 4.57. The van der Waals surface area contributed by atoms with Gasteiger partial charge < -0.3 is 9.47 Å². The summed E-state index contributed by atoms with van der Waals surface area (Å²) in [6.07, 6.45) is 0.534. The van der Waals surface area contributed by atoms with Crippen molar-refractivity contribution in [1.82, 2.24) is 9.78 Å². The van der Waals surface area contributed by atoms with E-state index in [1.807, 2.05) is 50.7 Å². The van der Waals surface area contributed by atoms with Crippen LogP contribution in [0.1, 0.15) is 45.5 Å². The van der Waals surface area contributed by atoms with Gasteiger partial charge in [-0.05, 0) is 76.4 Å². The van der Waals surface area contributed by atoms with Gasteiger partial charge in [0.25, 0.3) is 0 Å². The number of rotatable bonds is 8. The summed E-state index contributed by atoms with van der Waals surface area (Å²) < 4.78 is 38.5. The van der Waals surface area contributed by atoms with E-state index in [2.05, 4.69) is 5.10 Å². The molecule has 1 heterocycles. The first-order valence-electron chi connectivity index (χ1n) is 11.6. The third-order valence-corrected chi connectivity index (χ3v) is 7.44. The van der Waals surface area contributed by atoms with E-state index in [0.717, 1.165) is 22.5 Å². The number of carbonyl (C=O) groups is 1. The van der Waals surface area contributed by atoms with Crippen LogP contribution in [0.3, 0.4) is 0 Å². The maximum Gasteiger partial charge on any atom is 0.344 e. The van der Waals surface area contributed by atoms with Crippen molar-refractivity contribution < 1.29 is 22.7 Å². The molecule has 0 bridgehead atoms. The van der Waals surface area contributed by atoms with Crippen LogP contribution in [0.5, 0.6) is 5.75 Å². The van der Waals surface area contributed by atoms with Crippen LogP contribution in [0.2, 0.25) is 0 Å². The van der Waals surface area contributed by atoms with E-state index in [0.29, 0.717) is 23.3 Å². The van der Waals surface area contributed by atoms with Gasteiger partial charge in [0, 0.05) is 23.9 Å². The van der Waals surface area contributed by atoms with Crippen molar-refractivity contribution in [2.75, 3.05) is 12.4 Å². The molecule has 0 amide bonds. The van der Waals surface area contributed by atoms with E-state index < -0.39 is 21.4 Å². The normalized spacial score (nSPS) is 12.0. The second-order valence-electron chi connectivity index (χ2n) is 9.60. The molecule has 0 aliphatic carbocycles. The zero-order chi connectivity index (χ0) is 26.0. The third kappa shape index (κ3) is 6.31. The number of aromatic nitrogens is 2. The molecule has 0 fully saturated rings. The van der Waals surface area contributed by atoms with Crippen molar-refractivity contribution in [1.29, 1.82) is 0 Å². The van der Waals surface area contributed by atoms with E-state index >= 15 is 0 Å². The fourth-order valence-corrected chi connectivity index (χ4v) is 5.35. The van der Waals surface area contributed by atoms with Gasteiger partial charge in [-0.3, -0.25) is 4.68 Å². The molecule has 0 atom stereocenters. The van der Waals surface area contributed by atoms with E-state index in [9.17, 15) is 13.2 Å². The van der Waals surface area contributed by atoms with Crippen LogP contribution in [0.15, 0.2) is 47.4 Å². The van der Waals surface area contributed by atoms with Gasteiger partial charge in [0.15, 0.2) is 16.4 Å². The maximum atomic E-state index is 12.7. The first kappa shape index (κ1) is 26.5. The van der Waals surface area contributed by atoms with Crippen LogP contribution in [0.4, 0.5) is 0 Å². The lowest BCUT2D eigenvalue weighted by atomic mass is 9.97. The molecule has 8 heteroatoms. The highest BCUT2D eigenvalue weighted by Gasteiger charge is 2.20. The molecule has 0 saturated heterocycles. The number of esters is 1. The van der Waals surface area contributed by atoms with Gasteiger partial charge in [-0.1, -0.05) is 25.1 Å². The predicted octanol–water partition coefficient (Wildman–Crippen LogP) is 5.28. The summed E-state index contributed by atoms with van der Waals surface area (Å²) in [5, 5.41) is 4.52. The fraction of sp³-hybridized carbons (Fsp3) is 0.407. The van der Waals surface area contributed by atoms with Crippen molar-refractivity contribution in [3.05, 3.63) is 53.9 Å². The highest BCUT2D eigenvalue weighted by atomic mass is 32.2. The molecule has 3 rings (SSSR count). The number of sulfone groups is 1. The molecule has 0 aliphatic heterocycles. The summed E-state index contributed by atoms with van der Waals surface area (Å²) in [4.78, 5) is 12.5. The summed E-state index contributed by atoms with van der Waals surface area (Å²) in [7, 11) is -1.50. The Morgan fingerprint density at radius 2 is 1.77 bits per heavy atom. The van der Waals surface area contributed by atoms with Gasteiger partial charge in [0.2, 0.25) is 0 Å². The summed E-state index contributed by atoms with van der Waals surface area (Å²) in [5.74, 6) is 0.0571. The highest BCUT2D eigenvalue weighted by Crippen LogP contribution is 2.37. The van der Waals surface area contributed by atoms with E-state index in [-0.39, 0.29) is 17.3 Å². The lowest BCUT2D eigenvalue weighted by Crippen LogP contribution is -2.27. The molecule has 1 aromatic heterocycles. The fourth-order valence-electron chi connectivity index (χ4n) is 3.98. The molecule has 0 aliphatic rings. The van der Waals surface area contributed by atoms with Gasteiger partial charge in [-0.2, -0.15) is 5.10 Å². The lowest BCUT2D eigenvalue weighted by molar-refractivity contribution is -0.157. The van der Waals surface area contributed by atoms with Gasteiger partial charge >= 0.3 is 5.97 Å². The van der Waals surface area contributed by atoms with Crippen molar-refractivity contribution in [2.45, 2.75) is 58.5 Å². The van der Waals surface area contributed by atoms with E-state index in [4.69, 9.17) is 9.47 Å². The zero-order valence-corrected chi connectivity index (χ0v) is 22.3. The predicted molar refractivity (Wildman–Crippen MR) is 137 cm³/mol. The Bertz CT molecular complexity index is 1330. The Balaban J connectivity index is 2.10. The summed E-state index contributed by atoms with van der Waals surface area (Å²) in [6.45, 7) is 10.9. The number of hydrogen-bond donors (Lipinski definition) is 0. The zero-order valence-electron chi connectivity index (χ0n) is 21.5. The second kappa shape index (κ2) is 10.2. The van der Waals surface area contributed by atoms with Gasteiger partial charge in [0.1, 0.15) is 11.4 Å². The Hall–Kier alpha value is -3.13. The van der Waals surface area contributed by atoms with Crippen molar-refractivity contribution in [3.8, 4) is 28.0 Å². The quantitative estimate of drug-likeness (QED) is 0.393. The average Bonchev–Trinajstić information content (AvgIpc) is 3.02. The first-order chi connectivity index (χ1) is 16.3. The van der Waals surface area contributed by atoms with Crippen LogP contribution >= 0.6 is 0 Å². The monoisotopic (exact) mass is 498 g/mol. The van der Waals surface area contributed by atoms with E-state index in [1.165, 1.54) is 0 Å². The standard InChI is InChI=1S/C27H34N2O5S/c1-8-14-35(31,32)22-11-9-10-20(15-22)23-16-21(26-18(2)28-29(7)19(26)3)12-13-24(23)33-17-25(30)34-27(4,5)6/h9-13,15-16H,8,14,17H2,1-7H3. The number of benzene rings is 2. The molecule has 0 N–H and O–H groups in total. The van der Waals surface area contributed by atoms with Gasteiger partial charge in [-0.25, -0.2) is 13.2 Å². The smallest absolute Gasteiger partial charge is 0.344 e. The van der Waals surface area contributed by atoms with Gasteiger partial charge in [-0.15, -0.1) is 0 Å². The third-order valence-electron chi connectivity index (χ3n) is 5.52. The molecule has 0 spiro atoms. The highest BCUT2D eigenvalue weighted by molar-refractivity contribution is 7.91. The molecule has 3 aromatic rings. The van der Waals surface area contributed by atoms with Crippen LogP contribution < -0.4 is 4.74 Å². The van der Waals surface area contributed by atoms with Crippen molar-refractivity contribution in [3.63, 3.8) is 0 Å². The second-order valence-corrected chi connectivity index (χ2v) is 11.7. The largest absolute Gasteiger partial charge is 0.481 e. The number of ether oxygens (including phenoxy) is 2. The Morgan fingerprint density at radius 1 is 1.06 bits per heavy atom. The van der Waals surface area contributed by atoms with Crippen molar-refractivity contribution in [2.24, 2.45) is 7.05 Å². The molecule has 7 nitrogen and oxygen atoms in total. The molecular formula is C27H34N2O5S.